The molecule has 0 saturated carbocycles. The molecule has 0 aromatic heterocycles. The van der Waals surface area contributed by atoms with Gasteiger partial charge in [-0.1, -0.05) is 18.2 Å². The Bertz CT molecular complexity index is 344. The van der Waals surface area contributed by atoms with Crippen LogP contribution in [0.15, 0.2) is 24.3 Å². The Morgan fingerprint density at radius 2 is 2.06 bits per heavy atom. The number of hydrogen-bond acceptors (Lipinski definition) is 4. The zero-order valence-electron chi connectivity index (χ0n) is 11.3. The lowest BCUT2D eigenvalue weighted by molar-refractivity contribution is 0.123. The maximum Gasteiger partial charge on any atom is 0.124 e. The second kappa shape index (κ2) is 8.08. The minimum Gasteiger partial charge on any atom is -0.494 e. The molecule has 2 N–H and O–H groups in total. The lowest BCUT2D eigenvalue weighted by atomic mass is 10.1. The van der Waals surface area contributed by atoms with E-state index in [9.17, 15) is 5.11 Å². The van der Waals surface area contributed by atoms with Crippen LogP contribution in [0.2, 0.25) is 0 Å². The van der Waals surface area contributed by atoms with E-state index in [4.69, 9.17) is 9.47 Å². The molecule has 18 heavy (non-hydrogen) atoms. The molecule has 0 saturated heterocycles. The largest absolute Gasteiger partial charge is 0.494 e. The van der Waals surface area contributed by atoms with Gasteiger partial charge in [0.25, 0.3) is 0 Å². The molecular weight excluding hydrogens is 230 g/mol. The Balaban J connectivity index is 2.73. The molecule has 0 aliphatic rings. The summed E-state index contributed by atoms with van der Waals surface area (Å²) in [6.45, 7) is 5.20. The van der Waals surface area contributed by atoms with Crippen molar-refractivity contribution in [1.82, 2.24) is 5.32 Å². The minimum absolute atomic E-state index is 0.0506. The number of hydrogen-bond donors (Lipinski definition) is 2. The molecule has 4 heteroatoms. The van der Waals surface area contributed by atoms with Crippen LogP contribution in [0.5, 0.6) is 5.75 Å². The molecule has 0 aliphatic heterocycles. The second-order valence-electron chi connectivity index (χ2n) is 4.19. The third-order valence-electron chi connectivity index (χ3n) is 2.76. The van der Waals surface area contributed by atoms with Gasteiger partial charge in [-0.25, -0.2) is 0 Å². The molecule has 1 aromatic rings. The third-order valence-corrected chi connectivity index (χ3v) is 2.76. The zero-order chi connectivity index (χ0) is 13.4. The van der Waals surface area contributed by atoms with Crippen LogP contribution in [0.3, 0.4) is 0 Å². The first-order valence-corrected chi connectivity index (χ1v) is 6.30. The Morgan fingerprint density at radius 3 is 2.67 bits per heavy atom. The van der Waals surface area contributed by atoms with E-state index in [2.05, 4.69) is 12.2 Å². The van der Waals surface area contributed by atoms with Crippen molar-refractivity contribution in [3.8, 4) is 5.75 Å². The van der Waals surface area contributed by atoms with Crippen LogP contribution in [0.4, 0.5) is 0 Å². The van der Waals surface area contributed by atoms with Crippen molar-refractivity contribution in [2.45, 2.75) is 25.9 Å². The topological polar surface area (TPSA) is 50.7 Å². The van der Waals surface area contributed by atoms with Gasteiger partial charge in [-0.05, 0) is 19.9 Å². The molecule has 102 valence electrons. The fourth-order valence-corrected chi connectivity index (χ4v) is 1.92. The number of rotatable bonds is 8. The highest BCUT2D eigenvalue weighted by Crippen LogP contribution is 2.25. The quantitative estimate of drug-likeness (QED) is 0.741. The highest BCUT2D eigenvalue weighted by Gasteiger charge is 2.15. The molecular formula is C14H23NO3. The lowest BCUT2D eigenvalue weighted by Gasteiger charge is -2.23. The molecule has 2 atom stereocenters. The number of aliphatic hydroxyl groups is 1. The summed E-state index contributed by atoms with van der Waals surface area (Å²) in [5.41, 5.74) is 1.09. The van der Waals surface area contributed by atoms with E-state index in [-0.39, 0.29) is 18.7 Å². The van der Waals surface area contributed by atoms with E-state index in [0.717, 1.165) is 11.3 Å². The molecule has 0 radical (unpaired) electrons. The Kier molecular flexibility index (Phi) is 6.72. The van der Waals surface area contributed by atoms with Gasteiger partial charge in [0.2, 0.25) is 0 Å². The van der Waals surface area contributed by atoms with Crippen molar-refractivity contribution >= 4 is 0 Å². The molecule has 0 amide bonds. The zero-order valence-corrected chi connectivity index (χ0v) is 11.3. The second-order valence-corrected chi connectivity index (χ2v) is 4.19. The number of aliphatic hydroxyl groups excluding tert-OH is 1. The molecule has 0 spiro atoms. The summed E-state index contributed by atoms with van der Waals surface area (Å²) in [7, 11) is 1.63. The van der Waals surface area contributed by atoms with Gasteiger partial charge in [-0.2, -0.15) is 0 Å². The summed E-state index contributed by atoms with van der Waals surface area (Å²) in [5.74, 6) is 0.883. The van der Waals surface area contributed by atoms with E-state index >= 15 is 0 Å². The summed E-state index contributed by atoms with van der Waals surface area (Å²) in [6.07, 6.45) is 0. The molecule has 1 aromatic carbocycles. The highest BCUT2D eigenvalue weighted by atomic mass is 16.5. The van der Waals surface area contributed by atoms with Crippen LogP contribution in [-0.2, 0) is 4.74 Å². The molecule has 4 nitrogen and oxygen atoms in total. The first kappa shape index (κ1) is 15.0. The molecule has 1 rings (SSSR count). The van der Waals surface area contributed by atoms with E-state index in [1.165, 1.54) is 0 Å². The monoisotopic (exact) mass is 253 g/mol. The molecule has 0 bridgehead atoms. The van der Waals surface area contributed by atoms with Crippen LogP contribution < -0.4 is 10.1 Å². The van der Waals surface area contributed by atoms with E-state index < -0.39 is 0 Å². The van der Waals surface area contributed by atoms with E-state index in [1.807, 2.05) is 31.2 Å². The van der Waals surface area contributed by atoms with Gasteiger partial charge in [-0.15, -0.1) is 0 Å². The summed E-state index contributed by atoms with van der Waals surface area (Å²) in [5, 5.41) is 12.6. The average Bonchev–Trinajstić information content (AvgIpc) is 2.39. The molecule has 2 unspecified atom stereocenters. The first-order valence-electron chi connectivity index (χ1n) is 6.30. The lowest BCUT2D eigenvalue weighted by Crippen LogP contribution is -2.38. The Morgan fingerprint density at radius 1 is 1.33 bits per heavy atom. The molecule has 0 fully saturated rings. The number of para-hydroxylation sites is 1. The van der Waals surface area contributed by atoms with Crippen LogP contribution >= 0.6 is 0 Å². The van der Waals surface area contributed by atoms with Crippen LogP contribution in [0.25, 0.3) is 0 Å². The van der Waals surface area contributed by atoms with Gasteiger partial charge in [0.1, 0.15) is 5.75 Å². The first-order chi connectivity index (χ1) is 8.72. The van der Waals surface area contributed by atoms with Gasteiger partial charge in [-0.3, -0.25) is 0 Å². The SMILES string of the molecule is CCOc1ccccc1C(C)NC(CO)COC. The van der Waals surface area contributed by atoms with Crippen LogP contribution in [0.1, 0.15) is 25.5 Å². The van der Waals surface area contributed by atoms with Crippen molar-refractivity contribution < 1.29 is 14.6 Å². The van der Waals surface area contributed by atoms with Gasteiger partial charge >= 0.3 is 0 Å². The number of nitrogens with one attached hydrogen (secondary N) is 1. The number of benzene rings is 1. The smallest absolute Gasteiger partial charge is 0.124 e. The third kappa shape index (κ3) is 4.29. The predicted octanol–water partition coefficient (Wildman–Crippen LogP) is 1.74. The van der Waals surface area contributed by atoms with Crippen molar-refractivity contribution in [1.29, 1.82) is 0 Å². The summed E-state index contributed by atoms with van der Waals surface area (Å²) in [4.78, 5) is 0. The minimum atomic E-state index is -0.0697. The maximum absolute atomic E-state index is 9.25. The number of ether oxygens (including phenoxy) is 2. The van der Waals surface area contributed by atoms with E-state index in [0.29, 0.717) is 13.2 Å². The predicted molar refractivity (Wildman–Crippen MR) is 71.9 cm³/mol. The summed E-state index contributed by atoms with van der Waals surface area (Å²) < 4.78 is 10.7. The fourth-order valence-electron chi connectivity index (χ4n) is 1.92. The van der Waals surface area contributed by atoms with Crippen molar-refractivity contribution in [3.05, 3.63) is 29.8 Å². The Hall–Kier alpha value is -1.10. The van der Waals surface area contributed by atoms with Crippen LogP contribution in [-0.4, -0.2) is 38.1 Å². The standard InChI is InChI=1S/C14H23NO3/c1-4-18-14-8-6-5-7-13(14)11(2)15-12(9-16)10-17-3/h5-8,11-12,15-16H,4,9-10H2,1-3H3. The van der Waals surface area contributed by atoms with E-state index in [1.54, 1.807) is 7.11 Å². The average molecular weight is 253 g/mol. The van der Waals surface area contributed by atoms with Crippen molar-refractivity contribution in [2.75, 3.05) is 26.9 Å². The van der Waals surface area contributed by atoms with Crippen LogP contribution in [0, 0.1) is 0 Å². The van der Waals surface area contributed by atoms with Gasteiger partial charge in [0.15, 0.2) is 0 Å². The maximum atomic E-state index is 9.25. The molecule has 0 heterocycles. The summed E-state index contributed by atoms with van der Waals surface area (Å²) in [6, 6.07) is 7.96. The Labute approximate surface area is 109 Å². The van der Waals surface area contributed by atoms with Gasteiger partial charge in [0, 0.05) is 18.7 Å². The van der Waals surface area contributed by atoms with Crippen molar-refractivity contribution in [3.63, 3.8) is 0 Å². The van der Waals surface area contributed by atoms with Gasteiger partial charge < -0.3 is 19.9 Å². The fraction of sp³-hybridized carbons (Fsp3) is 0.571. The normalized spacial score (nSPS) is 14.2. The number of methoxy groups -OCH3 is 1. The van der Waals surface area contributed by atoms with Crippen molar-refractivity contribution in [2.24, 2.45) is 0 Å². The van der Waals surface area contributed by atoms with Gasteiger partial charge in [0.05, 0.1) is 25.9 Å². The summed E-state index contributed by atoms with van der Waals surface area (Å²) >= 11 is 0. The highest BCUT2D eigenvalue weighted by molar-refractivity contribution is 5.35. The molecule has 0 aliphatic carbocycles.